The predicted octanol–water partition coefficient (Wildman–Crippen LogP) is 3.77. The number of hydrogen-bond acceptors (Lipinski definition) is 3. The van der Waals surface area contributed by atoms with Gasteiger partial charge in [0.1, 0.15) is 17.7 Å². The summed E-state index contributed by atoms with van der Waals surface area (Å²) in [7, 11) is 0. The van der Waals surface area contributed by atoms with E-state index in [0.29, 0.717) is 12.4 Å². The predicted molar refractivity (Wildman–Crippen MR) is 70.0 cm³/mol. The third-order valence-corrected chi connectivity index (χ3v) is 4.17. The summed E-state index contributed by atoms with van der Waals surface area (Å²) < 4.78 is 19.5. The molecule has 0 saturated carbocycles. The van der Waals surface area contributed by atoms with E-state index in [1.165, 1.54) is 23.5 Å². The second-order valence-corrected chi connectivity index (χ2v) is 5.45. The van der Waals surface area contributed by atoms with Gasteiger partial charge in [0.15, 0.2) is 0 Å². The van der Waals surface area contributed by atoms with Gasteiger partial charge in [-0.1, -0.05) is 0 Å². The number of aliphatic hydroxyl groups excluding tert-OH is 1. The van der Waals surface area contributed by atoms with Crippen molar-refractivity contribution in [2.75, 3.05) is 6.61 Å². The van der Waals surface area contributed by atoms with Crippen molar-refractivity contribution in [3.05, 3.63) is 46.8 Å². The van der Waals surface area contributed by atoms with Gasteiger partial charge in [-0.25, -0.2) is 4.39 Å². The Balaban J connectivity index is 1.96. The summed E-state index contributed by atoms with van der Waals surface area (Å²) in [4.78, 5) is 0.795. The van der Waals surface area contributed by atoms with Crippen LogP contribution >= 0.6 is 11.3 Å². The Morgan fingerprint density at radius 3 is 3.00 bits per heavy atom. The first kappa shape index (κ1) is 11.7. The molecule has 2 nitrogen and oxygen atoms in total. The molecule has 1 aliphatic rings. The maximum absolute atomic E-state index is 13.1. The van der Waals surface area contributed by atoms with E-state index in [2.05, 4.69) is 0 Å². The lowest BCUT2D eigenvalue weighted by molar-refractivity contribution is 0.0937. The van der Waals surface area contributed by atoms with Gasteiger partial charge in [0.05, 0.1) is 6.61 Å². The molecule has 0 fully saturated rings. The highest BCUT2D eigenvalue weighted by Gasteiger charge is 2.19. The molecular weight excluding hydrogens is 251 g/mol. The molecule has 2 heterocycles. The minimum Gasteiger partial charge on any atom is -0.495 e. The molecule has 94 valence electrons. The van der Waals surface area contributed by atoms with Crippen LogP contribution in [0.15, 0.2) is 36.1 Å². The molecule has 1 unspecified atom stereocenters. The van der Waals surface area contributed by atoms with Crippen molar-refractivity contribution in [2.45, 2.75) is 18.9 Å². The monoisotopic (exact) mass is 264 g/mol. The number of halogens is 1. The first-order valence-electron chi connectivity index (χ1n) is 5.94. The highest BCUT2D eigenvalue weighted by molar-refractivity contribution is 7.19. The molecule has 2 aromatic rings. The van der Waals surface area contributed by atoms with Gasteiger partial charge < -0.3 is 9.84 Å². The molecular formula is C14H13FO2S. The number of ether oxygens (including phenoxy) is 1. The molecule has 1 aliphatic heterocycles. The van der Waals surface area contributed by atoms with E-state index in [0.717, 1.165) is 27.8 Å². The van der Waals surface area contributed by atoms with Crippen molar-refractivity contribution in [2.24, 2.45) is 0 Å². The van der Waals surface area contributed by atoms with Crippen LogP contribution in [-0.4, -0.2) is 11.7 Å². The molecule has 18 heavy (non-hydrogen) atoms. The number of rotatable bonds is 2. The Bertz CT molecular complexity index is 603. The van der Waals surface area contributed by atoms with Crippen molar-refractivity contribution in [1.82, 2.24) is 0 Å². The Morgan fingerprint density at radius 2 is 2.22 bits per heavy atom. The Labute approximate surface area is 108 Å². The summed E-state index contributed by atoms with van der Waals surface area (Å²) in [6.07, 6.45) is 3.13. The van der Waals surface area contributed by atoms with Crippen molar-refractivity contribution in [3.63, 3.8) is 0 Å². The average molecular weight is 264 g/mol. The van der Waals surface area contributed by atoms with Crippen LogP contribution in [0.3, 0.4) is 0 Å². The Hall–Kier alpha value is -1.39. The van der Waals surface area contributed by atoms with Gasteiger partial charge >= 0.3 is 0 Å². The van der Waals surface area contributed by atoms with Crippen LogP contribution < -0.4 is 0 Å². The molecule has 1 N–H and O–H groups in total. The van der Waals surface area contributed by atoms with Crippen LogP contribution in [0.4, 0.5) is 4.39 Å². The number of fused-ring (bicyclic) bond motifs is 1. The van der Waals surface area contributed by atoms with E-state index in [9.17, 15) is 9.50 Å². The van der Waals surface area contributed by atoms with Crippen LogP contribution in [0.1, 0.15) is 23.8 Å². The standard InChI is InChI=1S/C14H13FO2S/c15-10-4-5-12-9(7-10)8-13(18-12)14(16)11-3-1-2-6-17-11/h3-5,7-8,14,16H,1-2,6H2. The first-order chi connectivity index (χ1) is 8.74. The third kappa shape index (κ3) is 2.13. The molecule has 1 aromatic heterocycles. The van der Waals surface area contributed by atoms with Crippen LogP contribution in [-0.2, 0) is 4.74 Å². The molecule has 1 atom stereocenters. The maximum Gasteiger partial charge on any atom is 0.145 e. The zero-order valence-electron chi connectivity index (χ0n) is 9.73. The summed E-state index contributed by atoms with van der Waals surface area (Å²) in [5.41, 5.74) is 0. The molecule has 0 spiro atoms. The van der Waals surface area contributed by atoms with Crippen molar-refractivity contribution in [1.29, 1.82) is 0 Å². The number of thiophene rings is 1. The summed E-state index contributed by atoms with van der Waals surface area (Å²) >= 11 is 1.47. The molecule has 3 rings (SSSR count). The Kier molecular flexibility index (Phi) is 3.06. The minimum absolute atomic E-state index is 0.255. The van der Waals surface area contributed by atoms with E-state index in [1.807, 2.05) is 12.1 Å². The number of allylic oxidation sites excluding steroid dienone is 1. The zero-order chi connectivity index (χ0) is 12.5. The molecule has 0 saturated heterocycles. The summed E-state index contributed by atoms with van der Waals surface area (Å²) in [6, 6.07) is 6.48. The second-order valence-electron chi connectivity index (χ2n) is 4.33. The molecule has 4 heteroatoms. The van der Waals surface area contributed by atoms with Crippen LogP contribution in [0.5, 0.6) is 0 Å². The van der Waals surface area contributed by atoms with E-state index in [-0.39, 0.29) is 5.82 Å². The zero-order valence-corrected chi connectivity index (χ0v) is 10.5. The van der Waals surface area contributed by atoms with Gasteiger partial charge in [-0.2, -0.15) is 0 Å². The minimum atomic E-state index is -0.731. The van der Waals surface area contributed by atoms with E-state index in [1.54, 1.807) is 6.07 Å². The van der Waals surface area contributed by atoms with Crippen molar-refractivity contribution >= 4 is 21.4 Å². The lowest BCUT2D eigenvalue weighted by Gasteiger charge is -2.18. The molecule has 0 radical (unpaired) electrons. The van der Waals surface area contributed by atoms with E-state index in [4.69, 9.17) is 4.74 Å². The number of hydrogen-bond donors (Lipinski definition) is 1. The van der Waals surface area contributed by atoms with Crippen LogP contribution in [0, 0.1) is 5.82 Å². The molecule has 1 aromatic carbocycles. The fourth-order valence-electron chi connectivity index (χ4n) is 2.08. The van der Waals surface area contributed by atoms with E-state index < -0.39 is 6.10 Å². The quantitative estimate of drug-likeness (QED) is 0.894. The SMILES string of the molecule is OC(C1=CCCCO1)c1cc2cc(F)ccc2s1. The topological polar surface area (TPSA) is 29.5 Å². The van der Waals surface area contributed by atoms with Gasteiger partial charge in [0, 0.05) is 9.58 Å². The number of benzene rings is 1. The van der Waals surface area contributed by atoms with Crippen molar-refractivity contribution < 1.29 is 14.2 Å². The third-order valence-electron chi connectivity index (χ3n) is 3.00. The van der Waals surface area contributed by atoms with Crippen molar-refractivity contribution in [3.8, 4) is 0 Å². The fraction of sp³-hybridized carbons (Fsp3) is 0.286. The van der Waals surface area contributed by atoms with Gasteiger partial charge in [0.25, 0.3) is 0 Å². The Morgan fingerprint density at radius 1 is 1.33 bits per heavy atom. The largest absolute Gasteiger partial charge is 0.495 e. The summed E-state index contributed by atoms with van der Waals surface area (Å²) in [5.74, 6) is 0.364. The normalized spacial score (nSPS) is 17.3. The highest BCUT2D eigenvalue weighted by Crippen LogP contribution is 2.34. The summed E-state index contributed by atoms with van der Waals surface area (Å²) in [5, 5.41) is 11.1. The van der Waals surface area contributed by atoms with Gasteiger partial charge in [0.2, 0.25) is 0 Å². The highest BCUT2D eigenvalue weighted by atomic mass is 32.1. The van der Waals surface area contributed by atoms with Gasteiger partial charge in [-0.3, -0.25) is 0 Å². The van der Waals surface area contributed by atoms with Crippen LogP contribution in [0.2, 0.25) is 0 Å². The van der Waals surface area contributed by atoms with Gasteiger partial charge in [-0.05, 0) is 48.6 Å². The fourth-order valence-corrected chi connectivity index (χ4v) is 3.12. The maximum atomic E-state index is 13.1. The average Bonchev–Trinajstić information content (AvgIpc) is 2.81. The summed E-state index contributed by atoms with van der Waals surface area (Å²) in [6.45, 7) is 0.655. The first-order valence-corrected chi connectivity index (χ1v) is 6.75. The lowest BCUT2D eigenvalue weighted by Crippen LogP contribution is -2.08. The van der Waals surface area contributed by atoms with E-state index >= 15 is 0 Å². The molecule has 0 amide bonds. The van der Waals surface area contributed by atoms with Gasteiger partial charge in [-0.15, -0.1) is 11.3 Å². The second kappa shape index (κ2) is 4.71. The lowest BCUT2D eigenvalue weighted by atomic mass is 10.1. The number of aliphatic hydroxyl groups is 1. The molecule has 0 aliphatic carbocycles. The molecule has 0 bridgehead atoms. The van der Waals surface area contributed by atoms with Crippen LogP contribution in [0.25, 0.3) is 10.1 Å². The smallest absolute Gasteiger partial charge is 0.145 e.